The summed E-state index contributed by atoms with van der Waals surface area (Å²) in [6.07, 6.45) is 5.23. The number of hydrogen-bond donors (Lipinski definition) is 1. The van der Waals surface area contributed by atoms with Crippen molar-refractivity contribution in [3.05, 3.63) is 18.0 Å². The minimum absolute atomic E-state index is 0.579. The lowest BCUT2D eigenvalue weighted by atomic mass is 9.97. The van der Waals surface area contributed by atoms with E-state index < -0.39 is 0 Å². The van der Waals surface area contributed by atoms with Crippen LogP contribution in [0.1, 0.15) is 38.7 Å². The molecule has 0 aliphatic heterocycles. The minimum Gasteiger partial charge on any atom is -0.315 e. The van der Waals surface area contributed by atoms with Crippen LogP contribution in [-0.4, -0.2) is 22.4 Å². The number of aromatic nitrogens is 2. The van der Waals surface area contributed by atoms with E-state index in [2.05, 4.69) is 37.4 Å². The molecule has 0 fully saturated rings. The Hall–Kier alpha value is -0.830. The fraction of sp³-hybridized carbons (Fsp3) is 0.727. The lowest BCUT2D eigenvalue weighted by Crippen LogP contribution is -2.26. The molecule has 1 aromatic rings. The maximum absolute atomic E-state index is 4.19. The molecule has 2 atom stereocenters. The number of nitrogens with one attached hydrogen (secondary N) is 1. The predicted molar refractivity (Wildman–Crippen MR) is 59.4 cm³/mol. The molecule has 3 heteroatoms. The van der Waals surface area contributed by atoms with E-state index in [1.165, 1.54) is 12.0 Å². The second-order valence-electron chi connectivity index (χ2n) is 4.04. The highest BCUT2D eigenvalue weighted by molar-refractivity contribution is 5.10. The fourth-order valence-corrected chi connectivity index (χ4v) is 1.79. The Kier molecular flexibility index (Phi) is 4.14. The lowest BCUT2D eigenvalue weighted by molar-refractivity contribution is 0.491. The Morgan fingerprint density at radius 2 is 2.21 bits per heavy atom. The van der Waals surface area contributed by atoms with Gasteiger partial charge in [-0.3, -0.25) is 4.68 Å². The molecular weight excluding hydrogens is 174 g/mol. The molecule has 1 heterocycles. The van der Waals surface area contributed by atoms with Crippen LogP contribution in [0.3, 0.4) is 0 Å². The van der Waals surface area contributed by atoms with E-state index in [4.69, 9.17) is 0 Å². The summed E-state index contributed by atoms with van der Waals surface area (Å²) in [4.78, 5) is 0. The van der Waals surface area contributed by atoms with Crippen LogP contribution in [-0.2, 0) is 7.05 Å². The Labute approximate surface area is 86.5 Å². The van der Waals surface area contributed by atoms with E-state index >= 15 is 0 Å². The molecule has 80 valence electrons. The third kappa shape index (κ3) is 3.14. The highest BCUT2D eigenvalue weighted by Crippen LogP contribution is 2.19. The monoisotopic (exact) mass is 195 g/mol. The van der Waals surface area contributed by atoms with Crippen molar-refractivity contribution in [3.63, 3.8) is 0 Å². The first kappa shape index (κ1) is 11.2. The summed E-state index contributed by atoms with van der Waals surface area (Å²) in [6, 6.07) is 0.579. The topological polar surface area (TPSA) is 29.9 Å². The van der Waals surface area contributed by atoms with Gasteiger partial charge in [-0.1, -0.05) is 13.8 Å². The molecule has 1 aromatic heterocycles. The first-order valence-corrected chi connectivity index (χ1v) is 5.35. The van der Waals surface area contributed by atoms with Crippen LogP contribution in [0.2, 0.25) is 0 Å². The van der Waals surface area contributed by atoms with Gasteiger partial charge < -0.3 is 5.32 Å². The molecule has 0 aliphatic carbocycles. The van der Waals surface area contributed by atoms with Crippen LogP contribution in [0.25, 0.3) is 0 Å². The Morgan fingerprint density at radius 3 is 2.71 bits per heavy atom. The van der Waals surface area contributed by atoms with E-state index in [1.54, 1.807) is 0 Å². The summed E-state index contributed by atoms with van der Waals surface area (Å²) >= 11 is 0. The fourth-order valence-electron chi connectivity index (χ4n) is 1.79. The molecule has 0 saturated heterocycles. The first-order chi connectivity index (χ1) is 6.63. The van der Waals surface area contributed by atoms with Gasteiger partial charge in [-0.05, 0) is 31.4 Å². The highest BCUT2D eigenvalue weighted by Gasteiger charge is 2.11. The Morgan fingerprint density at radius 1 is 1.50 bits per heavy atom. The van der Waals surface area contributed by atoms with Crippen molar-refractivity contribution in [3.8, 4) is 0 Å². The van der Waals surface area contributed by atoms with Crippen LogP contribution in [0.15, 0.2) is 12.4 Å². The summed E-state index contributed by atoms with van der Waals surface area (Å²) in [7, 11) is 1.96. The van der Waals surface area contributed by atoms with E-state index in [0.29, 0.717) is 12.0 Å². The zero-order valence-electron chi connectivity index (χ0n) is 9.62. The second kappa shape index (κ2) is 5.15. The van der Waals surface area contributed by atoms with Crippen molar-refractivity contribution in [1.29, 1.82) is 0 Å². The van der Waals surface area contributed by atoms with Crippen LogP contribution in [0, 0.1) is 0 Å². The molecule has 1 N–H and O–H groups in total. The maximum Gasteiger partial charge on any atom is 0.0524 e. The van der Waals surface area contributed by atoms with Gasteiger partial charge in [0, 0.05) is 19.3 Å². The number of aryl methyl sites for hydroxylation is 1. The van der Waals surface area contributed by atoms with Crippen molar-refractivity contribution in [2.24, 2.45) is 7.05 Å². The standard InChI is InChI=1S/C11H21N3/c1-5-12-10(3)6-9(2)11-7-13-14(4)8-11/h7-10,12H,5-6H2,1-4H3. The maximum atomic E-state index is 4.19. The summed E-state index contributed by atoms with van der Waals surface area (Å²) in [5.41, 5.74) is 1.33. The molecule has 14 heavy (non-hydrogen) atoms. The van der Waals surface area contributed by atoms with Gasteiger partial charge in [0.1, 0.15) is 0 Å². The van der Waals surface area contributed by atoms with Gasteiger partial charge in [0.25, 0.3) is 0 Å². The van der Waals surface area contributed by atoms with E-state index in [0.717, 1.165) is 6.54 Å². The van der Waals surface area contributed by atoms with Gasteiger partial charge in [-0.2, -0.15) is 5.10 Å². The Bertz CT molecular complexity index is 267. The van der Waals surface area contributed by atoms with Crippen molar-refractivity contribution >= 4 is 0 Å². The number of hydrogen-bond acceptors (Lipinski definition) is 2. The van der Waals surface area contributed by atoms with Gasteiger partial charge in [0.15, 0.2) is 0 Å². The molecule has 0 saturated carbocycles. The van der Waals surface area contributed by atoms with E-state index in [-0.39, 0.29) is 0 Å². The quantitative estimate of drug-likeness (QED) is 0.778. The molecule has 2 unspecified atom stereocenters. The number of rotatable bonds is 5. The SMILES string of the molecule is CCNC(C)CC(C)c1cnn(C)c1. The summed E-state index contributed by atoms with van der Waals surface area (Å²) in [5, 5.41) is 7.61. The lowest BCUT2D eigenvalue weighted by Gasteiger charge is -2.16. The van der Waals surface area contributed by atoms with Gasteiger partial charge in [-0.15, -0.1) is 0 Å². The van der Waals surface area contributed by atoms with Gasteiger partial charge >= 0.3 is 0 Å². The average molecular weight is 195 g/mol. The largest absolute Gasteiger partial charge is 0.315 e. The van der Waals surface area contributed by atoms with Crippen molar-refractivity contribution in [1.82, 2.24) is 15.1 Å². The van der Waals surface area contributed by atoms with Crippen molar-refractivity contribution in [2.45, 2.75) is 39.2 Å². The molecule has 1 rings (SSSR count). The summed E-state index contributed by atoms with van der Waals surface area (Å²) < 4.78 is 1.86. The van der Waals surface area contributed by atoms with Gasteiger partial charge in [-0.25, -0.2) is 0 Å². The smallest absolute Gasteiger partial charge is 0.0524 e. The molecular formula is C11H21N3. The average Bonchev–Trinajstić information content (AvgIpc) is 2.52. The molecule has 0 amide bonds. The second-order valence-corrected chi connectivity index (χ2v) is 4.04. The zero-order chi connectivity index (χ0) is 10.6. The molecule has 0 aliphatic rings. The molecule has 0 bridgehead atoms. The van der Waals surface area contributed by atoms with Crippen LogP contribution in [0.5, 0.6) is 0 Å². The molecule has 0 spiro atoms. The summed E-state index contributed by atoms with van der Waals surface area (Å²) in [5.74, 6) is 0.581. The van der Waals surface area contributed by atoms with Crippen LogP contribution in [0.4, 0.5) is 0 Å². The Balaban J connectivity index is 2.45. The van der Waals surface area contributed by atoms with Crippen molar-refractivity contribution in [2.75, 3.05) is 6.54 Å². The van der Waals surface area contributed by atoms with Crippen LogP contribution < -0.4 is 5.32 Å². The van der Waals surface area contributed by atoms with Crippen LogP contribution >= 0.6 is 0 Å². The first-order valence-electron chi connectivity index (χ1n) is 5.35. The zero-order valence-corrected chi connectivity index (χ0v) is 9.62. The minimum atomic E-state index is 0.579. The van der Waals surface area contributed by atoms with Gasteiger partial charge in [0.2, 0.25) is 0 Å². The predicted octanol–water partition coefficient (Wildman–Crippen LogP) is 1.91. The van der Waals surface area contributed by atoms with E-state index in [1.807, 2.05) is 17.9 Å². The molecule has 0 aromatic carbocycles. The highest BCUT2D eigenvalue weighted by atomic mass is 15.2. The van der Waals surface area contributed by atoms with Crippen molar-refractivity contribution < 1.29 is 0 Å². The van der Waals surface area contributed by atoms with Gasteiger partial charge in [0.05, 0.1) is 6.20 Å². The number of nitrogens with zero attached hydrogens (tertiary/aromatic N) is 2. The molecule has 0 radical (unpaired) electrons. The normalized spacial score (nSPS) is 15.4. The van der Waals surface area contributed by atoms with E-state index in [9.17, 15) is 0 Å². The molecule has 3 nitrogen and oxygen atoms in total. The third-order valence-corrected chi connectivity index (χ3v) is 2.55. The third-order valence-electron chi connectivity index (χ3n) is 2.55. The summed E-state index contributed by atoms with van der Waals surface area (Å²) in [6.45, 7) is 7.67.